The Balaban J connectivity index is 2.42. The molecule has 5 nitrogen and oxygen atoms in total. The van der Waals surface area contributed by atoms with Crippen molar-refractivity contribution in [1.29, 1.82) is 0 Å². The van der Waals surface area contributed by atoms with Gasteiger partial charge in [0.1, 0.15) is 12.1 Å². The number of carbonyl (C=O) groups excluding carboxylic acids is 1. The monoisotopic (exact) mass is 246 g/mol. The maximum absolute atomic E-state index is 13.4. The summed E-state index contributed by atoms with van der Waals surface area (Å²) < 4.78 is 13.4. The van der Waals surface area contributed by atoms with E-state index in [-0.39, 0.29) is 5.56 Å². The zero-order chi connectivity index (χ0) is 13.1. The van der Waals surface area contributed by atoms with Crippen molar-refractivity contribution in [2.24, 2.45) is 5.73 Å². The maximum Gasteiger partial charge on any atom is 0.248 e. The number of hydrogen-bond donors (Lipinski definition) is 1. The topological polar surface area (TPSA) is 72.1 Å². The summed E-state index contributed by atoms with van der Waals surface area (Å²) in [5.74, 6) is -1.20. The Morgan fingerprint density at radius 1 is 1.22 bits per heavy atom. The molecule has 1 heterocycles. The lowest BCUT2D eigenvalue weighted by atomic mass is 10.1. The zero-order valence-electron chi connectivity index (χ0n) is 9.67. The molecule has 92 valence electrons. The summed E-state index contributed by atoms with van der Waals surface area (Å²) in [6.45, 7) is 0. The van der Waals surface area contributed by atoms with Gasteiger partial charge in [-0.25, -0.2) is 14.4 Å². The smallest absolute Gasteiger partial charge is 0.248 e. The van der Waals surface area contributed by atoms with Crippen LogP contribution in [0.1, 0.15) is 10.4 Å². The van der Waals surface area contributed by atoms with E-state index in [0.717, 1.165) is 6.07 Å². The molecule has 0 spiro atoms. The molecule has 0 atom stereocenters. The van der Waals surface area contributed by atoms with Gasteiger partial charge in [0.15, 0.2) is 0 Å². The van der Waals surface area contributed by atoms with Gasteiger partial charge in [0.2, 0.25) is 5.91 Å². The Hall–Kier alpha value is -2.50. The number of carbonyl (C=O) groups is 1. The van der Waals surface area contributed by atoms with Crippen molar-refractivity contribution in [3.63, 3.8) is 0 Å². The van der Waals surface area contributed by atoms with E-state index < -0.39 is 11.7 Å². The lowest BCUT2D eigenvalue weighted by Gasteiger charge is -2.19. The van der Waals surface area contributed by atoms with E-state index in [1.54, 1.807) is 24.3 Å². The van der Waals surface area contributed by atoms with Gasteiger partial charge in [0.05, 0.1) is 18.1 Å². The Bertz CT molecular complexity index is 574. The highest BCUT2D eigenvalue weighted by Gasteiger charge is 2.10. The van der Waals surface area contributed by atoms with Crippen LogP contribution in [0.4, 0.5) is 15.8 Å². The molecule has 0 fully saturated rings. The van der Waals surface area contributed by atoms with Crippen LogP contribution in [0.25, 0.3) is 0 Å². The van der Waals surface area contributed by atoms with Crippen molar-refractivity contribution in [3.8, 4) is 0 Å². The minimum atomic E-state index is -0.673. The van der Waals surface area contributed by atoms with E-state index in [1.807, 2.05) is 0 Å². The van der Waals surface area contributed by atoms with Gasteiger partial charge in [-0.1, -0.05) is 0 Å². The Morgan fingerprint density at radius 3 is 2.50 bits per heavy atom. The first-order valence-electron chi connectivity index (χ1n) is 5.17. The molecule has 2 N–H and O–H groups in total. The summed E-state index contributed by atoms with van der Waals surface area (Å²) in [5.41, 5.74) is 6.44. The van der Waals surface area contributed by atoms with Gasteiger partial charge in [-0.15, -0.1) is 0 Å². The average molecular weight is 246 g/mol. The number of hydrogen-bond acceptors (Lipinski definition) is 4. The van der Waals surface area contributed by atoms with Gasteiger partial charge in [0, 0.05) is 18.3 Å². The van der Waals surface area contributed by atoms with Crippen LogP contribution in [0.3, 0.4) is 0 Å². The fraction of sp³-hybridized carbons (Fsp3) is 0.0833. The third-order valence-electron chi connectivity index (χ3n) is 2.49. The molecule has 6 heteroatoms. The molecule has 1 aromatic carbocycles. The summed E-state index contributed by atoms with van der Waals surface area (Å²) in [6, 6.07) is 3.92. The molecule has 1 aromatic heterocycles. The molecule has 0 aliphatic carbocycles. The lowest BCUT2D eigenvalue weighted by molar-refractivity contribution is 0.1000. The third-order valence-corrected chi connectivity index (χ3v) is 2.49. The van der Waals surface area contributed by atoms with Gasteiger partial charge in [-0.05, 0) is 18.2 Å². The lowest BCUT2D eigenvalue weighted by Crippen LogP contribution is -2.15. The van der Waals surface area contributed by atoms with E-state index in [9.17, 15) is 9.18 Å². The normalized spacial score (nSPS) is 10.1. The van der Waals surface area contributed by atoms with E-state index in [1.165, 1.54) is 18.5 Å². The van der Waals surface area contributed by atoms with E-state index in [0.29, 0.717) is 11.4 Å². The highest BCUT2D eigenvalue weighted by Crippen LogP contribution is 2.24. The molecule has 18 heavy (non-hydrogen) atoms. The molecule has 0 aliphatic rings. The summed E-state index contributed by atoms with van der Waals surface area (Å²) in [7, 11) is 1.72. The average Bonchev–Trinajstić information content (AvgIpc) is 2.38. The number of nitrogens with two attached hydrogens (primary N) is 1. The second-order valence-corrected chi connectivity index (χ2v) is 3.72. The number of nitrogens with zero attached hydrogens (tertiary/aromatic N) is 3. The quantitative estimate of drug-likeness (QED) is 0.890. The molecule has 0 aliphatic heterocycles. The minimum Gasteiger partial charge on any atom is -0.366 e. The van der Waals surface area contributed by atoms with Crippen LogP contribution < -0.4 is 10.6 Å². The van der Waals surface area contributed by atoms with Crippen molar-refractivity contribution in [1.82, 2.24) is 9.97 Å². The summed E-state index contributed by atoms with van der Waals surface area (Å²) in [6.07, 6.45) is 4.57. The van der Waals surface area contributed by atoms with E-state index in [2.05, 4.69) is 9.97 Å². The first kappa shape index (κ1) is 12.0. The predicted octanol–water partition coefficient (Wildman–Crippen LogP) is 1.48. The second kappa shape index (κ2) is 4.79. The van der Waals surface area contributed by atoms with Crippen molar-refractivity contribution in [2.75, 3.05) is 11.9 Å². The molecule has 0 radical (unpaired) electrons. The SMILES string of the molecule is CN(c1cncnc1)c1cc(F)cc(C(N)=O)c1. The van der Waals surface area contributed by atoms with Crippen LogP contribution >= 0.6 is 0 Å². The Kier molecular flexibility index (Phi) is 3.18. The standard InChI is InChI=1S/C12H11FN4O/c1-17(11-5-15-7-16-6-11)10-3-8(12(14)18)2-9(13)4-10/h2-7H,1H3,(H2,14,18). The Morgan fingerprint density at radius 2 is 1.89 bits per heavy atom. The number of benzene rings is 1. The Labute approximate surface area is 103 Å². The van der Waals surface area contributed by atoms with Crippen LogP contribution in [-0.2, 0) is 0 Å². The van der Waals surface area contributed by atoms with Crippen molar-refractivity contribution in [2.45, 2.75) is 0 Å². The van der Waals surface area contributed by atoms with Gasteiger partial charge >= 0.3 is 0 Å². The van der Waals surface area contributed by atoms with Crippen LogP contribution in [0.2, 0.25) is 0 Å². The highest BCUT2D eigenvalue weighted by atomic mass is 19.1. The van der Waals surface area contributed by atoms with Gasteiger partial charge in [-0.2, -0.15) is 0 Å². The predicted molar refractivity (Wildman–Crippen MR) is 65.0 cm³/mol. The number of amides is 1. The molecular weight excluding hydrogens is 235 g/mol. The summed E-state index contributed by atoms with van der Waals surface area (Å²) in [4.78, 5) is 20.5. The highest BCUT2D eigenvalue weighted by molar-refractivity contribution is 5.94. The summed E-state index contributed by atoms with van der Waals surface area (Å²) >= 11 is 0. The minimum absolute atomic E-state index is 0.119. The van der Waals surface area contributed by atoms with Crippen LogP contribution in [0, 0.1) is 5.82 Å². The van der Waals surface area contributed by atoms with Crippen molar-refractivity contribution >= 4 is 17.3 Å². The van der Waals surface area contributed by atoms with Crippen LogP contribution in [0.5, 0.6) is 0 Å². The van der Waals surface area contributed by atoms with Gasteiger partial charge in [-0.3, -0.25) is 4.79 Å². The van der Waals surface area contributed by atoms with E-state index in [4.69, 9.17) is 5.73 Å². The first-order chi connectivity index (χ1) is 8.58. The number of rotatable bonds is 3. The largest absolute Gasteiger partial charge is 0.366 e. The first-order valence-corrected chi connectivity index (χ1v) is 5.17. The molecule has 2 aromatic rings. The number of aromatic nitrogens is 2. The van der Waals surface area contributed by atoms with Crippen molar-refractivity contribution in [3.05, 3.63) is 48.3 Å². The van der Waals surface area contributed by atoms with Gasteiger partial charge < -0.3 is 10.6 Å². The molecule has 0 bridgehead atoms. The van der Waals surface area contributed by atoms with Crippen molar-refractivity contribution < 1.29 is 9.18 Å². The number of halogens is 1. The fourth-order valence-corrected chi connectivity index (χ4v) is 1.52. The van der Waals surface area contributed by atoms with Crippen LogP contribution in [0.15, 0.2) is 36.9 Å². The fourth-order valence-electron chi connectivity index (χ4n) is 1.52. The van der Waals surface area contributed by atoms with Crippen LogP contribution in [-0.4, -0.2) is 22.9 Å². The molecular formula is C12H11FN4O. The number of primary amides is 1. The van der Waals surface area contributed by atoms with Gasteiger partial charge in [0.25, 0.3) is 0 Å². The molecule has 2 rings (SSSR count). The number of anilines is 2. The maximum atomic E-state index is 13.4. The molecule has 0 saturated carbocycles. The molecule has 1 amide bonds. The molecule has 0 unspecified atom stereocenters. The second-order valence-electron chi connectivity index (χ2n) is 3.72. The molecule has 0 saturated heterocycles. The third kappa shape index (κ3) is 2.42. The zero-order valence-corrected chi connectivity index (χ0v) is 9.67. The summed E-state index contributed by atoms with van der Waals surface area (Å²) in [5, 5.41) is 0. The van der Waals surface area contributed by atoms with E-state index >= 15 is 0 Å².